The highest BCUT2D eigenvalue weighted by molar-refractivity contribution is 5.42. The van der Waals surface area contributed by atoms with Gasteiger partial charge in [-0.15, -0.1) is 0 Å². The molecule has 0 amide bonds. The summed E-state index contributed by atoms with van der Waals surface area (Å²) in [5, 5.41) is 3.49. The van der Waals surface area contributed by atoms with Gasteiger partial charge in [0.05, 0.1) is 6.61 Å². The minimum absolute atomic E-state index is 0.364. The molecule has 1 N–H and O–H groups in total. The van der Waals surface area contributed by atoms with E-state index in [0.717, 1.165) is 19.7 Å². The Hall–Kier alpha value is -1.64. The van der Waals surface area contributed by atoms with Gasteiger partial charge in [0.25, 0.3) is 0 Å². The number of morpholine rings is 1. The molecule has 2 aromatic rings. The first-order valence-electron chi connectivity index (χ1n) is 7.20. The Balaban J connectivity index is 2.14. The van der Waals surface area contributed by atoms with Crippen molar-refractivity contribution in [2.45, 2.75) is 19.4 Å². The monoisotopic (exact) mass is 267 g/mol. The fourth-order valence-electron chi connectivity index (χ4n) is 2.98. The number of benzene rings is 2. The lowest BCUT2D eigenvalue weighted by atomic mass is 9.82. The summed E-state index contributed by atoms with van der Waals surface area (Å²) in [6, 6.07) is 17.2. The summed E-state index contributed by atoms with van der Waals surface area (Å²) in [6.45, 7) is 6.75. The normalized spacial score (nSPS) is 22.7. The summed E-state index contributed by atoms with van der Waals surface area (Å²) in [6.07, 6.45) is 0. The minimum atomic E-state index is -0.364. The van der Waals surface area contributed by atoms with Crippen molar-refractivity contribution in [1.82, 2.24) is 5.32 Å². The highest BCUT2D eigenvalue weighted by Gasteiger charge is 2.38. The quantitative estimate of drug-likeness (QED) is 0.902. The first kappa shape index (κ1) is 13.3. The van der Waals surface area contributed by atoms with Gasteiger partial charge in [0.15, 0.2) is 0 Å². The molecule has 3 rings (SSSR count). The van der Waals surface area contributed by atoms with Crippen LogP contribution in [0.15, 0.2) is 48.5 Å². The van der Waals surface area contributed by atoms with Crippen molar-refractivity contribution in [2.75, 3.05) is 19.7 Å². The maximum atomic E-state index is 6.30. The predicted octanol–water partition coefficient (Wildman–Crippen LogP) is 3.17. The molecule has 0 saturated carbocycles. The van der Waals surface area contributed by atoms with E-state index >= 15 is 0 Å². The van der Waals surface area contributed by atoms with Crippen molar-refractivity contribution in [3.05, 3.63) is 70.8 Å². The van der Waals surface area contributed by atoms with Crippen LogP contribution < -0.4 is 5.32 Å². The van der Waals surface area contributed by atoms with E-state index < -0.39 is 0 Å². The number of hydrogen-bond donors (Lipinski definition) is 1. The second kappa shape index (κ2) is 5.39. The summed E-state index contributed by atoms with van der Waals surface area (Å²) in [4.78, 5) is 0. The molecule has 20 heavy (non-hydrogen) atoms. The van der Waals surface area contributed by atoms with Crippen molar-refractivity contribution >= 4 is 0 Å². The van der Waals surface area contributed by atoms with E-state index in [1.165, 1.54) is 22.3 Å². The van der Waals surface area contributed by atoms with Gasteiger partial charge >= 0.3 is 0 Å². The highest BCUT2D eigenvalue weighted by Crippen LogP contribution is 2.36. The van der Waals surface area contributed by atoms with Crippen LogP contribution in [-0.4, -0.2) is 19.7 Å². The molecule has 0 aromatic heterocycles. The van der Waals surface area contributed by atoms with E-state index in [1.807, 2.05) is 0 Å². The lowest BCUT2D eigenvalue weighted by molar-refractivity contribution is -0.0407. The number of aryl methyl sites for hydroxylation is 2. The maximum absolute atomic E-state index is 6.30. The van der Waals surface area contributed by atoms with Crippen LogP contribution in [0.2, 0.25) is 0 Å². The molecule has 1 saturated heterocycles. The molecular formula is C18H21NO. The molecule has 2 heteroatoms. The second-order valence-electron chi connectivity index (χ2n) is 5.53. The first-order valence-corrected chi connectivity index (χ1v) is 7.20. The maximum Gasteiger partial charge on any atom is 0.131 e. The van der Waals surface area contributed by atoms with Crippen LogP contribution in [-0.2, 0) is 10.3 Å². The molecule has 1 heterocycles. The minimum Gasteiger partial charge on any atom is -0.363 e. The topological polar surface area (TPSA) is 21.3 Å². The average molecular weight is 267 g/mol. The molecule has 1 unspecified atom stereocenters. The third kappa shape index (κ3) is 2.26. The zero-order chi connectivity index (χ0) is 14.0. The van der Waals surface area contributed by atoms with Gasteiger partial charge in [-0.05, 0) is 30.5 Å². The van der Waals surface area contributed by atoms with Crippen molar-refractivity contribution < 1.29 is 4.74 Å². The second-order valence-corrected chi connectivity index (χ2v) is 5.53. The molecule has 2 aromatic carbocycles. The van der Waals surface area contributed by atoms with Crippen LogP contribution >= 0.6 is 0 Å². The lowest BCUT2D eigenvalue weighted by Gasteiger charge is -2.39. The third-order valence-electron chi connectivity index (χ3n) is 4.10. The van der Waals surface area contributed by atoms with Crippen molar-refractivity contribution in [3.8, 4) is 0 Å². The van der Waals surface area contributed by atoms with Crippen LogP contribution in [0.4, 0.5) is 0 Å². The summed E-state index contributed by atoms with van der Waals surface area (Å²) in [5.41, 5.74) is 4.67. The summed E-state index contributed by atoms with van der Waals surface area (Å²) >= 11 is 0. The summed E-state index contributed by atoms with van der Waals surface area (Å²) < 4.78 is 6.30. The van der Waals surface area contributed by atoms with Gasteiger partial charge in [0, 0.05) is 13.1 Å². The molecule has 1 atom stereocenters. The molecule has 2 nitrogen and oxygen atoms in total. The molecular weight excluding hydrogens is 246 g/mol. The van der Waals surface area contributed by atoms with Crippen LogP contribution in [0.25, 0.3) is 0 Å². The Morgan fingerprint density at radius 2 is 1.75 bits per heavy atom. The molecule has 1 aliphatic rings. The standard InChI is InChI=1S/C18H21NO/c1-14-7-9-16(10-8-14)18(13-19-11-12-20-18)17-6-4-3-5-15(17)2/h3-10,19H,11-13H2,1-2H3. The van der Waals surface area contributed by atoms with Gasteiger partial charge in [0.2, 0.25) is 0 Å². The molecule has 104 valence electrons. The Bertz CT molecular complexity index is 583. The average Bonchev–Trinajstić information content (AvgIpc) is 2.49. The van der Waals surface area contributed by atoms with Gasteiger partial charge in [-0.1, -0.05) is 54.1 Å². The number of ether oxygens (including phenoxy) is 1. The van der Waals surface area contributed by atoms with Gasteiger partial charge in [-0.3, -0.25) is 0 Å². The van der Waals surface area contributed by atoms with Gasteiger partial charge in [-0.2, -0.15) is 0 Å². The first-order chi connectivity index (χ1) is 9.72. The molecule has 0 aliphatic carbocycles. The van der Waals surface area contributed by atoms with E-state index in [1.54, 1.807) is 0 Å². The van der Waals surface area contributed by atoms with Crippen molar-refractivity contribution in [2.24, 2.45) is 0 Å². The number of hydrogen-bond acceptors (Lipinski definition) is 2. The van der Waals surface area contributed by atoms with Crippen LogP contribution in [0.1, 0.15) is 22.3 Å². The largest absolute Gasteiger partial charge is 0.363 e. The van der Waals surface area contributed by atoms with Gasteiger partial charge in [-0.25, -0.2) is 0 Å². The van der Waals surface area contributed by atoms with E-state index in [-0.39, 0.29) is 5.60 Å². The molecule has 0 spiro atoms. The van der Waals surface area contributed by atoms with Crippen LogP contribution in [0.3, 0.4) is 0 Å². The van der Waals surface area contributed by atoms with E-state index in [4.69, 9.17) is 4.74 Å². The number of rotatable bonds is 2. The van der Waals surface area contributed by atoms with Crippen LogP contribution in [0, 0.1) is 13.8 Å². The Labute approximate surface area is 120 Å². The Morgan fingerprint density at radius 3 is 2.40 bits per heavy atom. The van der Waals surface area contributed by atoms with Gasteiger partial charge < -0.3 is 10.1 Å². The molecule has 1 fully saturated rings. The lowest BCUT2D eigenvalue weighted by Crippen LogP contribution is -2.48. The summed E-state index contributed by atoms with van der Waals surface area (Å²) in [7, 11) is 0. The van der Waals surface area contributed by atoms with Gasteiger partial charge in [0.1, 0.15) is 5.60 Å². The molecule has 0 radical (unpaired) electrons. The Kier molecular flexibility index (Phi) is 3.60. The van der Waals surface area contributed by atoms with E-state index in [9.17, 15) is 0 Å². The van der Waals surface area contributed by atoms with Crippen LogP contribution in [0.5, 0.6) is 0 Å². The highest BCUT2D eigenvalue weighted by atomic mass is 16.5. The fraction of sp³-hybridized carbons (Fsp3) is 0.333. The van der Waals surface area contributed by atoms with E-state index in [0.29, 0.717) is 0 Å². The van der Waals surface area contributed by atoms with E-state index in [2.05, 4.69) is 67.7 Å². The molecule has 0 bridgehead atoms. The number of nitrogens with one attached hydrogen (secondary N) is 1. The smallest absolute Gasteiger partial charge is 0.131 e. The molecule has 1 aliphatic heterocycles. The third-order valence-corrected chi connectivity index (χ3v) is 4.10. The zero-order valence-corrected chi connectivity index (χ0v) is 12.1. The van der Waals surface area contributed by atoms with Crippen molar-refractivity contribution in [1.29, 1.82) is 0 Å². The Morgan fingerprint density at radius 1 is 1.00 bits per heavy atom. The van der Waals surface area contributed by atoms with Crippen molar-refractivity contribution in [3.63, 3.8) is 0 Å². The zero-order valence-electron chi connectivity index (χ0n) is 12.1. The SMILES string of the molecule is Cc1ccc(C2(c3ccccc3C)CNCCO2)cc1. The fourth-order valence-corrected chi connectivity index (χ4v) is 2.98. The predicted molar refractivity (Wildman–Crippen MR) is 82.0 cm³/mol. The summed E-state index contributed by atoms with van der Waals surface area (Å²) in [5.74, 6) is 0.